The summed E-state index contributed by atoms with van der Waals surface area (Å²) in [5.41, 5.74) is 8.24. The van der Waals surface area contributed by atoms with E-state index in [1.807, 2.05) is 12.3 Å². The second-order valence-corrected chi connectivity index (χ2v) is 12.1. The van der Waals surface area contributed by atoms with Gasteiger partial charge in [0, 0.05) is 6.20 Å². The van der Waals surface area contributed by atoms with Crippen molar-refractivity contribution in [3.63, 3.8) is 0 Å². The van der Waals surface area contributed by atoms with E-state index in [2.05, 4.69) is 44.9 Å². The molecule has 1 aliphatic rings. The van der Waals surface area contributed by atoms with E-state index in [9.17, 15) is 0 Å². The average Bonchev–Trinajstić information content (AvgIpc) is 3.05. The lowest BCUT2D eigenvalue weighted by molar-refractivity contribution is 0.276. The summed E-state index contributed by atoms with van der Waals surface area (Å²) in [6.07, 6.45) is 3.95. The Labute approximate surface area is 117 Å². The van der Waals surface area contributed by atoms with Crippen LogP contribution in [0.1, 0.15) is 44.9 Å². The molecule has 0 aromatic carbocycles. The number of hydrogen-bond acceptors (Lipinski definition) is 3. The monoisotopic (exact) mass is 278 g/mol. The Hall–Kier alpha value is -0.713. The summed E-state index contributed by atoms with van der Waals surface area (Å²) in [6, 6.07) is 4.14. The third-order valence-electron chi connectivity index (χ3n) is 4.53. The lowest BCUT2D eigenvalue weighted by atomic mass is 10.1. The van der Waals surface area contributed by atoms with E-state index < -0.39 is 8.32 Å². The quantitative estimate of drug-likeness (QED) is 0.857. The minimum absolute atomic E-state index is 0.160. The van der Waals surface area contributed by atoms with Gasteiger partial charge in [0.2, 0.25) is 0 Å². The largest absolute Gasteiger partial charge is 0.413 e. The maximum absolute atomic E-state index is 6.24. The molecule has 0 unspecified atom stereocenters. The van der Waals surface area contributed by atoms with E-state index >= 15 is 0 Å². The van der Waals surface area contributed by atoms with Gasteiger partial charge in [-0.15, -0.1) is 0 Å². The Kier molecular flexibility index (Phi) is 3.62. The predicted molar refractivity (Wildman–Crippen MR) is 81.3 cm³/mol. The molecule has 106 valence electrons. The zero-order chi connectivity index (χ0) is 14.3. The number of rotatable bonds is 4. The van der Waals surface area contributed by atoms with Gasteiger partial charge in [-0.2, -0.15) is 0 Å². The van der Waals surface area contributed by atoms with E-state index in [1.54, 1.807) is 0 Å². The SMILES string of the molecule is CC(C)(C)[Si](C)(C)OCc1ccnc(C2(N)CC2)c1. The minimum atomic E-state index is -1.69. The van der Waals surface area contributed by atoms with Crippen LogP contribution in [0.3, 0.4) is 0 Å². The number of aromatic nitrogens is 1. The molecule has 1 heterocycles. The summed E-state index contributed by atoms with van der Waals surface area (Å²) in [5, 5.41) is 0.244. The molecule has 19 heavy (non-hydrogen) atoms. The van der Waals surface area contributed by atoms with Crippen LogP contribution >= 0.6 is 0 Å². The van der Waals surface area contributed by atoms with Crippen LogP contribution in [0.15, 0.2) is 18.3 Å². The highest BCUT2D eigenvalue weighted by Crippen LogP contribution is 2.42. The van der Waals surface area contributed by atoms with Gasteiger partial charge in [0.05, 0.1) is 17.8 Å². The smallest absolute Gasteiger partial charge is 0.192 e. The summed E-state index contributed by atoms with van der Waals surface area (Å²) < 4.78 is 6.24. The molecule has 1 aliphatic carbocycles. The van der Waals surface area contributed by atoms with Crippen molar-refractivity contribution in [1.82, 2.24) is 4.98 Å². The number of hydrogen-bond donors (Lipinski definition) is 1. The van der Waals surface area contributed by atoms with Crippen molar-refractivity contribution in [2.75, 3.05) is 0 Å². The van der Waals surface area contributed by atoms with Crippen LogP contribution in [0.25, 0.3) is 0 Å². The molecule has 4 heteroatoms. The lowest BCUT2D eigenvalue weighted by Crippen LogP contribution is -2.40. The van der Waals surface area contributed by atoms with Gasteiger partial charge in [0.15, 0.2) is 8.32 Å². The maximum atomic E-state index is 6.24. The molecule has 1 aromatic heterocycles. The van der Waals surface area contributed by atoms with E-state index in [-0.39, 0.29) is 10.6 Å². The lowest BCUT2D eigenvalue weighted by Gasteiger charge is -2.36. The molecule has 0 bridgehead atoms. The summed E-state index contributed by atoms with van der Waals surface area (Å²) in [6.45, 7) is 12.0. The second kappa shape index (κ2) is 4.68. The molecular weight excluding hydrogens is 252 g/mol. The average molecular weight is 278 g/mol. The summed E-state index contributed by atoms with van der Waals surface area (Å²) in [5.74, 6) is 0. The fraction of sp³-hybridized carbons (Fsp3) is 0.667. The predicted octanol–water partition coefficient (Wildman–Crippen LogP) is 3.55. The van der Waals surface area contributed by atoms with Gasteiger partial charge < -0.3 is 10.2 Å². The molecule has 0 aliphatic heterocycles. The summed E-state index contributed by atoms with van der Waals surface area (Å²) in [4.78, 5) is 4.40. The molecule has 0 amide bonds. The van der Waals surface area contributed by atoms with Crippen molar-refractivity contribution < 1.29 is 4.43 Å². The molecule has 1 aromatic rings. The zero-order valence-corrected chi connectivity index (χ0v) is 13.8. The van der Waals surface area contributed by atoms with E-state index in [0.29, 0.717) is 6.61 Å². The van der Waals surface area contributed by atoms with Crippen molar-refractivity contribution in [3.05, 3.63) is 29.6 Å². The van der Waals surface area contributed by atoms with E-state index in [4.69, 9.17) is 10.2 Å². The van der Waals surface area contributed by atoms with Crippen LogP contribution in [0.5, 0.6) is 0 Å². The summed E-state index contributed by atoms with van der Waals surface area (Å²) >= 11 is 0. The van der Waals surface area contributed by atoms with Gasteiger partial charge in [0.25, 0.3) is 0 Å². The Morgan fingerprint density at radius 1 is 1.37 bits per heavy atom. The van der Waals surface area contributed by atoms with Crippen molar-refractivity contribution in [3.8, 4) is 0 Å². The van der Waals surface area contributed by atoms with Gasteiger partial charge in [-0.25, -0.2) is 0 Å². The zero-order valence-electron chi connectivity index (χ0n) is 12.8. The molecular formula is C15H26N2OSi. The number of nitrogens with zero attached hydrogens (tertiary/aromatic N) is 1. The first-order valence-corrected chi connectivity index (χ1v) is 9.93. The van der Waals surface area contributed by atoms with Gasteiger partial charge >= 0.3 is 0 Å². The first-order chi connectivity index (χ1) is 8.64. The first kappa shape index (κ1) is 14.7. The molecule has 2 rings (SSSR count). The third kappa shape index (κ3) is 3.24. The van der Waals surface area contributed by atoms with Crippen LogP contribution in [-0.4, -0.2) is 13.3 Å². The fourth-order valence-electron chi connectivity index (χ4n) is 1.71. The van der Waals surface area contributed by atoms with Crippen LogP contribution in [-0.2, 0) is 16.6 Å². The third-order valence-corrected chi connectivity index (χ3v) is 9.01. The van der Waals surface area contributed by atoms with Gasteiger partial charge in [-0.3, -0.25) is 4.98 Å². The van der Waals surface area contributed by atoms with Crippen LogP contribution in [0.2, 0.25) is 18.1 Å². The second-order valence-electron chi connectivity index (χ2n) is 7.25. The van der Waals surface area contributed by atoms with Gasteiger partial charge in [-0.05, 0) is 48.7 Å². The van der Waals surface area contributed by atoms with Gasteiger partial charge in [-0.1, -0.05) is 20.8 Å². The first-order valence-electron chi connectivity index (χ1n) is 7.02. The van der Waals surface area contributed by atoms with Crippen LogP contribution in [0.4, 0.5) is 0 Å². The molecule has 1 fully saturated rings. The molecule has 0 atom stereocenters. The maximum Gasteiger partial charge on any atom is 0.192 e. The molecule has 0 radical (unpaired) electrons. The highest BCUT2D eigenvalue weighted by Gasteiger charge is 2.41. The molecule has 0 spiro atoms. The van der Waals surface area contributed by atoms with Crippen molar-refractivity contribution in [2.24, 2.45) is 5.73 Å². The fourth-order valence-corrected chi connectivity index (χ4v) is 2.67. The molecule has 3 nitrogen and oxygen atoms in total. The normalized spacial score (nSPS) is 18.4. The molecule has 1 saturated carbocycles. The van der Waals surface area contributed by atoms with Crippen molar-refractivity contribution in [2.45, 2.75) is 63.9 Å². The van der Waals surface area contributed by atoms with Crippen molar-refractivity contribution >= 4 is 8.32 Å². The molecule has 0 saturated heterocycles. The highest BCUT2D eigenvalue weighted by molar-refractivity contribution is 6.74. The van der Waals surface area contributed by atoms with Crippen molar-refractivity contribution in [1.29, 1.82) is 0 Å². The van der Waals surface area contributed by atoms with Crippen LogP contribution < -0.4 is 5.73 Å². The minimum Gasteiger partial charge on any atom is -0.413 e. The van der Waals surface area contributed by atoms with Crippen LogP contribution in [0, 0.1) is 0 Å². The highest BCUT2D eigenvalue weighted by atomic mass is 28.4. The molecule has 2 N–H and O–H groups in total. The summed E-state index contributed by atoms with van der Waals surface area (Å²) in [7, 11) is -1.69. The number of pyridine rings is 1. The topological polar surface area (TPSA) is 48.1 Å². The Morgan fingerprint density at radius 2 is 2.00 bits per heavy atom. The standard InChI is InChI=1S/C15H26N2OSi/c1-14(2,3)19(4,5)18-11-12-6-9-17-13(10-12)15(16)7-8-15/h6,9-10H,7-8,11,16H2,1-5H3. The van der Waals surface area contributed by atoms with Gasteiger partial charge in [0.1, 0.15) is 0 Å². The Bertz CT molecular complexity index is 461. The van der Waals surface area contributed by atoms with E-state index in [1.165, 1.54) is 5.56 Å². The number of nitrogens with two attached hydrogens (primary N) is 1. The van der Waals surface area contributed by atoms with E-state index in [0.717, 1.165) is 18.5 Å². The Balaban J connectivity index is 2.04. The Morgan fingerprint density at radius 3 is 2.53 bits per heavy atom.